The van der Waals surface area contributed by atoms with Crippen LogP contribution in [0, 0.1) is 6.92 Å². The van der Waals surface area contributed by atoms with Crippen molar-refractivity contribution in [1.82, 2.24) is 0 Å². The molecule has 3 heteroatoms. The van der Waals surface area contributed by atoms with Crippen LogP contribution in [-0.2, 0) is 0 Å². The first-order chi connectivity index (χ1) is 10.7. The van der Waals surface area contributed by atoms with Crippen molar-refractivity contribution < 1.29 is 9.59 Å². The molecule has 3 aromatic carbocycles. The lowest BCUT2D eigenvalue weighted by Gasteiger charge is -2.13. The van der Waals surface area contributed by atoms with Gasteiger partial charge in [0, 0.05) is 0 Å². The number of nitrogens with zero attached hydrogens (tertiary/aromatic N) is 1. The molecule has 0 atom stereocenters. The molecule has 0 bridgehead atoms. The maximum atomic E-state index is 12.9. The van der Waals surface area contributed by atoms with Crippen LogP contribution in [0.4, 0.5) is 5.69 Å². The zero-order valence-corrected chi connectivity index (χ0v) is 12.0. The lowest BCUT2D eigenvalue weighted by Crippen LogP contribution is -2.29. The third-order valence-electron chi connectivity index (χ3n) is 4.09. The van der Waals surface area contributed by atoms with Crippen molar-refractivity contribution >= 4 is 28.3 Å². The topological polar surface area (TPSA) is 37.4 Å². The van der Waals surface area contributed by atoms with E-state index in [4.69, 9.17) is 0 Å². The van der Waals surface area contributed by atoms with Crippen LogP contribution in [0.5, 0.6) is 0 Å². The van der Waals surface area contributed by atoms with Crippen LogP contribution in [0.25, 0.3) is 10.8 Å². The molecule has 3 aromatic rings. The summed E-state index contributed by atoms with van der Waals surface area (Å²) in [5.41, 5.74) is 2.49. The molecule has 0 aliphatic carbocycles. The number of hydrogen-bond acceptors (Lipinski definition) is 2. The highest BCUT2D eigenvalue weighted by atomic mass is 16.2. The fraction of sp³-hybridized carbons (Fsp3) is 0.0526. The van der Waals surface area contributed by atoms with Gasteiger partial charge in [-0.1, -0.05) is 48.5 Å². The summed E-state index contributed by atoms with van der Waals surface area (Å²) >= 11 is 0. The third kappa shape index (κ3) is 1.62. The molecule has 1 aliphatic heterocycles. The van der Waals surface area contributed by atoms with Gasteiger partial charge in [-0.15, -0.1) is 0 Å². The molecule has 22 heavy (non-hydrogen) atoms. The average molecular weight is 287 g/mol. The number of aryl methyl sites for hydroxylation is 1. The zero-order chi connectivity index (χ0) is 15.3. The first-order valence-corrected chi connectivity index (χ1v) is 7.14. The molecule has 0 saturated carbocycles. The molecule has 4 rings (SSSR count). The van der Waals surface area contributed by atoms with Crippen LogP contribution in [0.1, 0.15) is 26.3 Å². The fourth-order valence-electron chi connectivity index (χ4n) is 3.11. The number of amides is 2. The summed E-state index contributed by atoms with van der Waals surface area (Å²) in [5, 5.41) is 1.81. The van der Waals surface area contributed by atoms with Crippen molar-refractivity contribution in [3.05, 3.63) is 77.4 Å². The number of fused-ring (bicyclic) bond motifs is 3. The highest BCUT2D eigenvalue weighted by Crippen LogP contribution is 2.35. The van der Waals surface area contributed by atoms with Gasteiger partial charge in [0.15, 0.2) is 0 Å². The van der Waals surface area contributed by atoms with Gasteiger partial charge in [0.2, 0.25) is 0 Å². The monoisotopic (exact) mass is 287 g/mol. The van der Waals surface area contributed by atoms with E-state index < -0.39 is 0 Å². The summed E-state index contributed by atoms with van der Waals surface area (Å²) in [5.74, 6) is -0.486. The lowest BCUT2D eigenvalue weighted by atomic mass is 9.96. The Balaban J connectivity index is 2.02. The van der Waals surface area contributed by atoms with Crippen LogP contribution >= 0.6 is 0 Å². The smallest absolute Gasteiger partial charge is 0.266 e. The van der Waals surface area contributed by atoms with Gasteiger partial charge in [0.05, 0.1) is 16.8 Å². The Labute approximate surface area is 127 Å². The van der Waals surface area contributed by atoms with Gasteiger partial charge >= 0.3 is 0 Å². The Kier molecular flexibility index (Phi) is 2.63. The molecule has 0 saturated heterocycles. The number of anilines is 1. The molecule has 0 N–H and O–H groups in total. The highest BCUT2D eigenvalue weighted by molar-refractivity contribution is 6.38. The minimum Gasteiger partial charge on any atom is -0.268 e. The predicted octanol–water partition coefficient (Wildman–Crippen LogP) is 3.95. The normalized spacial score (nSPS) is 13.8. The number of hydrogen-bond donors (Lipinski definition) is 0. The number of carbonyl (C=O) groups excluding carboxylic acids is 2. The van der Waals surface area contributed by atoms with Crippen LogP contribution in [0.2, 0.25) is 0 Å². The van der Waals surface area contributed by atoms with Crippen LogP contribution in [0.3, 0.4) is 0 Å². The minimum atomic E-state index is -0.244. The maximum absolute atomic E-state index is 12.9. The lowest BCUT2D eigenvalue weighted by molar-refractivity contribution is 0.0926. The minimum absolute atomic E-state index is 0.241. The highest BCUT2D eigenvalue weighted by Gasteiger charge is 2.39. The summed E-state index contributed by atoms with van der Waals surface area (Å²) in [4.78, 5) is 26.9. The number of para-hydroxylation sites is 1. The Bertz CT molecular complexity index is 929. The van der Waals surface area contributed by atoms with Crippen molar-refractivity contribution in [1.29, 1.82) is 0 Å². The van der Waals surface area contributed by atoms with Gasteiger partial charge in [-0.25, -0.2) is 4.90 Å². The standard InChI is InChI=1S/C19H13NO2/c1-12-11-13-7-5-6-10-15(13)17-16(12)18(21)20(19(17)22)14-8-3-2-4-9-14/h2-11H,1H3. The van der Waals surface area contributed by atoms with Crippen LogP contribution < -0.4 is 4.90 Å². The van der Waals surface area contributed by atoms with Crippen LogP contribution in [0.15, 0.2) is 60.7 Å². The Morgan fingerprint density at radius 2 is 1.41 bits per heavy atom. The van der Waals surface area contributed by atoms with E-state index in [0.717, 1.165) is 16.3 Å². The van der Waals surface area contributed by atoms with E-state index >= 15 is 0 Å². The molecule has 3 nitrogen and oxygen atoms in total. The SMILES string of the molecule is Cc1cc2ccccc2c2c1C(=O)N(c1ccccc1)C2=O. The van der Waals surface area contributed by atoms with Crippen molar-refractivity contribution in [2.75, 3.05) is 4.90 Å². The molecule has 0 unspecified atom stereocenters. The third-order valence-corrected chi connectivity index (χ3v) is 4.09. The van der Waals surface area contributed by atoms with Gasteiger partial charge in [-0.3, -0.25) is 9.59 Å². The van der Waals surface area contributed by atoms with Crippen LogP contribution in [-0.4, -0.2) is 11.8 Å². The van der Waals surface area contributed by atoms with Crippen molar-refractivity contribution in [3.63, 3.8) is 0 Å². The molecule has 0 aromatic heterocycles. The number of rotatable bonds is 1. The van der Waals surface area contributed by atoms with E-state index in [1.807, 2.05) is 55.5 Å². The predicted molar refractivity (Wildman–Crippen MR) is 86.3 cm³/mol. The Morgan fingerprint density at radius 3 is 2.18 bits per heavy atom. The molecule has 1 heterocycles. The van der Waals surface area contributed by atoms with E-state index in [2.05, 4.69) is 0 Å². The molecule has 1 aliphatic rings. The largest absolute Gasteiger partial charge is 0.268 e. The Morgan fingerprint density at radius 1 is 0.773 bits per heavy atom. The second-order valence-corrected chi connectivity index (χ2v) is 5.45. The van der Waals surface area contributed by atoms with Gasteiger partial charge in [-0.2, -0.15) is 0 Å². The number of benzene rings is 3. The van der Waals surface area contributed by atoms with Gasteiger partial charge < -0.3 is 0 Å². The van der Waals surface area contributed by atoms with E-state index in [0.29, 0.717) is 16.8 Å². The number of imide groups is 1. The second-order valence-electron chi connectivity index (χ2n) is 5.45. The summed E-state index contributed by atoms with van der Waals surface area (Å²) in [6.07, 6.45) is 0. The van der Waals surface area contributed by atoms with Gasteiger partial charge in [0.1, 0.15) is 0 Å². The molecule has 106 valence electrons. The van der Waals surface area contributed by atoms with Gasteiger partial charge in [0.25, 0.3) is 11.8 Å². The van der Waals surface area contributed by atoms with Crippen molar-refractivity contribution in [2.45, 2.75) is 6.92 Å². The molecule has 0 spiro atoms. The zero-order valence-electron chi connectivity index (χ0n) is 12.0. The van der Waals surface area contributed by atoms with E-state index in [1.165, 1.54) is 4.90 Å². The first-order valence-electron chi connectivity index (χ1n) is 7.14. The van der Waals surface area contributed by atoms with Crippen molar-refractivity contribution in [2.24, 2.45) is 0 Å². The maximum Gasteiger partial charge on any atom is 0.266 e. The molecule has 0 radical (unpaired) electrons. The molecule has 2 amide bonds. The summed E-state index contributed by atoms with van der Waals surface area (Å²) < 4.78 is 0. The molecular weight excluding hydrogens is 274 g/mol. The summed E-state index contributed by atoms with van der Waals surface area (Å²) in [7, 11) is 0. The number of carbonyl (C=O) groups is 2. The van der Waals surface area contributed by atoms with Crippen molar-refractivity contribution in [3.8, 4) is 0 Å². The summed E-state index contributed by atoms with van der Waals surface area (Å²) in [6, 6.07) is 18.7. The van der Waals surface area contributed by atoms with E-state index in [9.17, 15) is 9.59 Å². The van der Waals surface area contributed by atoms with E-state index in [1.54, 1.807) is 12.1 Å². The average Bonchev–Trinajstić information content (AvgIpc) is 2.80. The summed E-state index contributed by atoms with van der Waals surface area (Å²) in [6.45, 7) is 1.88. The second kappa shape index (κ2) is 4.53. The van der Waals surface area contributed by atoms with Gasteiger partial charge in [-0.05, 0) is 35.4 Å². The molecular formula is C19H13NO2. The quantitative estimate of drug-likeness (QED) is 0.635. The first kappa shape index (κ1) is 12.8. The van der Waals surface area contributed by atoms with E-state index in [-0.39, 0.29) is 11.8 Å². The molecule has 0 fully saturated rings. The fourth-order valence-corrected chi connectivity index (χ4v) is 3.11. The Hall–Kier alpha value is -2.94.